The molecule has 0 spiro atoms. The molecule has 0 aliphatic heterocycles. The molecule has 0 saturated heterocycles. The van der Waals surface area contributed by atoms with Gasteiger partial charge in [0.1, 0.15) is 18.8 Å². The summed E-state index contributed by atoms with van der Waals surface area (Å²) in [5, 5.41) is 14.8. The highest BCUT2D eigenvalue weighted by Gasteiger charge is 2.33. The molecule has 1 aromatic carbocycles. The first kappa shape index (κ1) is 25.3. The zero-order valence-corrected chi connectivity index (χ0v) is 19.8. The van der Waals surface area contributed by atoms with E-state index in [1.807, 2.05) is 33.8 Å². The van der Waals surface area contributed by atoms with Crippen LogP contribution in [0.25, 0.3) is 0 Å². The fraction of sp³-hybridized carbons (Fsp3) is 0.520. The molecule has 1 aliphatic carbocycles. The number of aliphatic hydroxyl groups is 1. The second-order valence-corrected chi connectivity index (χ2v) is 7.99. The molecule has 2 rings (SSSR count). The predicted octanol–water partition coefficient (Wildman–Crippen LogP) is 4.81. The number of rotatable bonds is 9. The summed E-state index contributed by atoms with van der Waals surface area (Å²) in [5.74, 6) is -1.34. The minimum atomic E-state index is -0.558. The summed E-state index contributed by atoms with van der Waals surface area (Å²) in [6.07, 6.45) is 0.596. The maximum atomic E-state index is 13.0. The molecule has 0 heterocycles. The summed E-state index contributed by atoms with van der Waals surface area (Å²) in [5.41, 5.74) is 4.48. The summed E-state index contributed by atoms with van der Waals surface area (Å²) in [4.78, 5) is 42.8. The van der Waals surface area contributed by atoms with Gasteiger partial charge in [0.05, 0.1) is 17.9 Å². The fourth-order valence-corrected chi connectivity index (χ4v) is 4.55. The number of allylic oxidation sites excluding steroid dienone is 2. The molecule has 0 bridgehead atoms. The van der Waals surface area contributed by atoms with Crippen LogP contribution in [-0.4, -0.2) is 41.6 Å². The van der Waals surface area contributed by atoms with E-state index in [0.29, 0.717) is 24.3 Å². The third-order valence-electron chi connectivity index (χ3n) is 5.69. The average molecular weight is 444 g/mol. The molecule has 0 radical (unpaired) electrons. The van der Waals surface area contributed by atoms with Gasteiger partial charge in [-0.1, -0.05) is 18.1 Å². The van der Waals surface area contributed by atoms with E-state index in [-0.39, 0.29) is 54.7 Å². The zero-order chi connectivity index (χ0) is 24.0. The monoisotopic (exact) mass is 443 g/mol. The van der Waals surface area contributed by atoms with Crippen molar-refractivity contribution in [1.82, 2.24) is 0 Å². The van der Waals surface area contributed by atoms with E-state index in [1.54, 1.807) is 13.8 Å². The molecule has 174 valence electrons. The molecule has 0 amide bonds. The van der Waals surface area contributed by atoms with Crippen molar-refractivity contribution in [1.29, 1.82) is 0 Å². The van der Waals surface area contributed by atoms with Crippen molar-refractivity contribution in [3.63, 3.8) is 0 Å². The fourth-order valence-electron chi connectivity index (χ4n) is 4.55. The number of hydrogen-bond donors (Lipinski definition) is 1. The molecular formula is C25H33NO6. The number of carbonyl (C=O) groups excluding carboxylic acids is 3. The highest BCUT2D eigenvalue weighted by Crippen LogP contribution is 2.39. The molecule has 1 atom stereocenters. The number of ketones is 2. The highest BCUT2D eigenvalue weighted by molar-refractivity contribution is 6.23. The van der Waals surface area contributed by atoms with Crippen LogP contribution in [0.15, 0.2) is 22.6 Å². The van der Waals surface area contributed by atoms with Gasteiger partial charge in [0, 0.05) is 18.4 Å². The van der Waals surface area contributed by atoms with Gasteiger partial charge in [-0.25, -0.2) is 0 Å². The van der Waals surface area contributed by atoms with E-state index >= 15 is 0 Å². The van der Waals surface area contributed by atoms with Crippen LogP contribution < -0.4 is 0 Å². The Hall–Kier alpha value is -2.96. The molecule has 0 fully saturated rings. The van der Waals surface area contributed by atoms with Gasteiger partial charge in [0.15, 0.2) is 11.6 Å². The number of carbonyl (C=O) groups is 3. The van der Waals surface area contributed by atoms with Gasteiger partial charge in [0.25, 0.3) is 0 Å². The lowest BCUT2D eigenvalue weighted by Gasteiger charge is -2.28. The summed E-state index contributed by atoms with van der Waals surface area (Å²) in [7, 11) is 0. The summed E-state index contributed by atoms with van der Waals surface area (Å²) in [6, 6.07) is 1.90. The Labute approximate surface area is 189 Å². The number of benzene rings is 1. The van der Waals surface area contributed by atoms with Gasteiger partial charge >= 0.3 is 5.97 Å². The number of aliphatic hydroxyl groups excluding tert-OH is 1. The Bertz CT molecular complexity index is 973. The Morgan fingerprint density at radius 1 is 1.09 bits per heavy atom. The van der Waals surface area contributed by atoms with E-state index in [4.69, 9.17) is 9.57 Å². The molecular weight excluding hydrogens is 410 g/mol. The van der Waals surface area contributed by atoms with Crippen molar-refractivity contribution in [2.45, 2.75) is 73.1 Å². The number of hydrogen-bond acceptors (Lipinski definition) is 7. The number of Topliss-reactive ketones (excluding diaryl/α,β-unsaturated/α-hetero) is 2. The second kappa shape index (κ2) is 11.1. The average Bonchev–Trinajstić information content (AvgIpc) is 2.69. The smallest absolute Gasteiger partial charge is 0.313 e. The lowest BCUT2D eigenvalue weighted by Crippen LogP contribution is -2.25. The van der Waals surface area contributed by atoms with Crippen LogP contribution in [0.4, 0.5) is 0 Å². The van der Waals surface area contributed by atoms with Gasteiger partial charge in [-0.3, -0.25) is 14.4 Å². The molecule has 1 unspecified atom stereocenters. The number of oxime groups is 1. The number of aryl methyl sites for hydroxylation is 2. The van der Waals surface area contributed by atoms with E-state index in [2.05, 4.69) is 5.16 Å². The standard InChI is InChI=1S/C25H33NO6/c1-7-18(26-32-9-3)25-19(27)11-17(12-20(25)28)23-14(4)10-15(5)24(16(23)6)21(29)13-22(30)31-8-2/h10,17,27H,7-9,11-13H2,1-6H3. The lowest BCUT2D eigenvalue weighted by molar-refractivity contribution is -0.142. The molecule has 0 aromatic heterocycles. The third-order valence-corrected chi connectivity index (χ3v) is 5.69. The van der Waals surface area contributed by atoms with Gasteiger partial charge in [-0.05, 0) is 69.2 Å². The van der Waals surface area contributed by atoms with Crippen molar-refractivity contribution in [2.75, 3.05) is 13.2 Å². The van der Waals surface area contributed by atoms with Crippen LogP contribution in [0.2, 0.25) is 0 Å². The first-order valence-corrected chi connectivity index (χ1v) is 11.1. The topological polar surface area (TPSA) is 102 Å². The predicted molar refractivity (Wildman–Crippen MR) is 122 cm³/mol. The Kier molecular flexibility index (Phi) is 8.75. The van der Waals surface area contributed by atoms with Crippen LogP contribution in [0.5, 0.6) is 0 Å². The number of ether oxygens (including phenoxy) is 1. The van der Waals surface area contributed by atoms with Gasteiger partial charge in [-0.2, -0.15) is 0 Å². The minimum Gasteiger partial charge on any atom is -0.511 e. The summed E-state index contributed by atoms with van der Waals surface area (Å²) >= 11 is 0. The molecule has 1 aliphatic rings. The Morgan fingerprint density at radius 3 is 2.34 bits per heavy atom. The van der Waals surface area contributed by atoms with Crippen LogP contribution in [0.3, 0.4) is 0 Å². The van der Waals surface area contributed by atoms with Gasteiger partial charge < -0.3 is 14.7 Å². The summed E-state index contributed by atoms with van der Waals surface area (Å²) < 4.78 is 4.92. The van der Waals surface area contributed by atoms with Crippen molar-refractivity contribution in [3.8, 4) is 0 Å². The van der Waals surface area contributed by atoms with Crippen LogP contribution >= 0.6 is 0 Å². The maximum absolute atomic E-state index is 13.0. The molecule has 7 heteroatoms. The van der Waals surface area contributed by atoms with E-state index < -0.39 is 5.97 Å². The highest BCUT2D eigenvalue weighted by atomic mass is 16.6. The largest absolute Gasteiger partial charge is 0.511 e. The van der Waals surface area contributed by atoms with Gasteiger partial charge in [0.2, 0.25) is 0 Å². The van der Waals surface area contributed by atoms with E-state index in [0.717, 1.165) is 22.3 Å². The molecule has 1 aromatic rings. The Morgan fingerprint density at radius 2 is 1.78 bits per heavy atom. The maximum Gasteiger partial charge on any atom is 0.313 e. The van der Waals surface area contributed by atoms with Crippen molar-refractivity contribution in [3.05, 3.63) is 45.2 Å². The second-order valence-electron chi connectivity index (χ2n) is 7.99. The van der Waals surface area contributed by atoms with Crippen molar-refractivity contribution >= 4 is 23.2 Å². The van der Waals surface area contributed by atoms with Crippen LogP contribution in [0, 0.1) is 20.8 Å². The first-order valence-electron chi connectivity index (χ1n) is 11.1. The number of esters is 1. The van der Waals surface area contributed by atoms with Crippen molar-refractivity contribution < 1.29 is 29.1 Å². The molecule has 32 heavy (non-hydrogen) atoms. The zero-order valence-electron chi connectivity index (χ0n) is 19.8. The van der Waals surface area contributed by atoms with E-state index in [9.17, 15) is 19.5 Å². The minimum absolute atomic E-state index is 0.00896. The van der Waals surface area contributed by atoms with Gasteiger partial charge in [-0.15, -0.1) is 0 Å². The molecule has 1 N–H and O–H groups in total. The van der Waals surface area contributed by atoms with Crippen LogP contribution in [-0.2, 0) is 19.2 Å². The SMILES string of the molecule is CCON=C(CC)C1=C(O)CC(c2c(C)cc(C)c(C(=O)CC(=O)OCC)c2C)CC1=O. The lowest BCUT2D eigenvalue weighted by atomic mass is 9.76. The van der Waals surface area contributed by atoms with Crippen molar-refractivity contribution in [2.24, 2.45) is 5.16 Å². The normalized spacial score (nSPS) is 16.9. The van der Waals surface area contributed by atoms with Crippen LogP contribution in [0.1, 0.15) is 85.0 Å². The quantitative estimate of drug-likeness (QED) is 0.193. The third kappa shape index (κ3) is 5.44. The first-order chi connectivity index (χ1) is 15.2. The number of nitrogens with zero attached hydrogens (tertiary/aromatic N) is 1. The Balaban J connectivity index is 2.46. The molecule has 7 nitrogen and oxygen atoms in total. The molecule has 0 saturated carbocycles. The van der Waals surface area contributed by atoms with E-state index in [1.165, 1.54) is 0 Å². The summed E-state index contributed by atoms with van der Waals surface area (Å²) in [6.45, 7) is 11.5.